The van der Waals surface area contributed by atoms with E-state index in [1.807, 2.05) is 13.2 Å². The zero-order valence-electron chi connectivity index (χ0n) is 11.1. The highest BCUT2D eigenvalue weighted by Crippen LogP contribution is 2.25. The van der Waals surface area contributed by atoms with Crippen LogP contribution in [-0.2, 0) is 7.05 Å². The van der Waals surface area contributed by atoms with Crippen molar-refractivity contribution in [1.82, 2.24) is 14.8 Å². The average molecular weight is 260 g/mol. The van der Waals surface area contributed by atoms with Crippen LogP contribution in [0.15, 0.2) is 24.5 Å². The van der Waals surface area contributed by atoms with Crippen LogP contribution in [0.2, 0.25) is 0 Å². The van der Waals surface area contributed by atoms with E-state index in [9.17, 15) is 4.79 Å². The van der Waals surface area contributed by atoms with E-state index in [1.165, 1.54) is 12.3 Å². The predicted octanol–water partition coefficient (Wildman–Crippen LogP) is 2.38. The first kappa shape index (κ1) is 13.1. The van der Waals surface area contributed by atoms with E-state index in [4.69, 9.17) is 5.11 Å². The molecule has 2 aromatic rings. The number of carboxylic acids is 1. The number of nitrogens with one attached hydrogen (secondary N) is 1. The molecule has 6 heteroatoms. The van der Waals surface area contributed by atoms with E-state index in [2.05, 4.69) is 29.2 Å². The van der Waals surface area contributed by atoms with Gasteiger partial charge in [0.05, 0.1) is 23.3 Å². The van der Waals surface area contributed by atoms with Gasteiger partial charge in [-0.1, -0.05) is 13.8 Å². The maximum absolute atomic E-state index is 10.7. The van der Waals surface area contributed by atoms with Gasteiger partial charge in [0, 0.05) is 13.2 Å². The molecule has 0 spiro atoms. The average Bonchev–Trinajstić information content (AvgIpc) is 2.71. The number of hydrogen-bond donors (Lipinski definition) is 2. The van der Waals surface area contributed by atoms with Gasteiger partial charge in [0.1, 0.15) is 5.69 Å². The maximum atomic E-state index is 10.7. The summed E-state index contributed by atoms with van der Waals surface area (Å²) in [5.41, 5.74) is 2.63. The second-order valence-corrected chi connectivity index (χ2v) is 4.62. The van der Waals surface area contributed by atoms with Crippen molar-refractivity contribution in [2.45, 2.75) is 19.8 Å². The molecule has 0 saturated heterocycles. The van der Waals surface area contributed by atoms with Crippen molar-refractivity contribution in [3.63, 3.8) is 0 Å². The van der Waals surface area contributed by atoms with Crippen LogP contribution < -0.4 is 5.32 Å². The first-order chi connectivity index (χ1) is 8.97. The first-order valence-electron chi connectivity index (χ1n) is 5.97. The molecular formula is C13H16N4O2. The Labute approximate surface area is 111 Å². The highest BCUT2D eigenvalue weighted by atomic mass is 16.4. The van der Waals surface area contributed by atoms with E-state index < -0.39 is 5.97 Å². The Bertz CT molecular complexity index is 587. The summed E-state index contributed by atoms with van der Waals surface area (Å²) >= 11 is 0. The van der Waals surface area contributed by atoms with E-state index >= 15 is 0 Å². The third kappa shape index (κ3) is 2.90. The van der Waals surface area contributed by atoms with Crippen LogP contribution in [0.3, 0.4) is 0 Å². The summed E-state index contributed by atoms with van der Waals surface area (Å²) in [5, 5.41) is 16.4. The number of nitrogens with zero attached hydrogens (tertiary/aromatic N) is 3. The van der Waals surface area contributed by atoms with E-state index in [0.29, 0.717) is 5.92 Å². The quantitative estimate of drug-likeness (QED) is 0.882. The van der Waals surface area contributed by atoms with Gasteiger partial charge >= 0.3 is 5.97 Å². The van der Waals surface area contributed by atoms with Crippen molar-refractivity contribution in [2.24, 2.45) is 7.05 Å². The molecule has 0 aromatic carbocycles. The number of carbonyl (C=O) groups is 1. The lowest BCUT2D eigenvalue weighted by Gasteiger charge is -2.08. The number of aromatic nitrogens is 3. The Morgan fingerprint density at radius 2 is 2.16 bits per heavy atom. The minimum Gasteiger partial charge on any atom is -0.477 e. The van der Waals surface area contributed by atoms with E-state index in [1.54, 1.807) is 10.7 Å². The summed E-state index contributed by atoms with van der Waals surface area (Å²) in [6.45, 7) is 4.14. The Kier molecular flexibility index (Phi) is 3.50. The van der Waals surface area contributed by atoms with Gasteiger partial charge in [-0.3, -0.25) is 4.68 Å². The largest absolute Gasteiger partial charge is 0.477 e. The smallest absolute Gasteiger partial charge is 0.354 e. The molecule has 0 radical (unpaired) electrons. The van der Waals surface area contributed by atoms with Gasteiger partial charge in [0.25, 0.3) is 0 Å². The second-order valence-electron chi connectivity index (χ2n) is 4.62. The Morgan fingerprint density at radius 3 is 2.68 bits per heavy atom. The summed E-state index contributed by atoms with van der Waals surface area (Å²) in [5.74, 6) is -0.731. The third-order valence-corrected chi connectivity index (χ3v) is 2.67. The topological polar surface area (TPSA) is 80.0 Å². The van der Waals surface area contributed by atoms with Crippen LogP contribution in [0.1, 0.15) is 35.9 Å². The van der Waals surface area contributed by atoms with Crippen molar-refractivity contribution in [3.05, 3.63) is 35.9 Å². The highest BCUT2D eigenvalue weighted by molar-refractivity contribution is 5.85. The molecule has 0 unspecified atom stereocenters. The molecule has 6 nitrogen and oxygen atoms in total. The van der Waals surface area contributed by atoms with Gasteiger partial charge in [-0.05, 0) is 18.1 Å². The van der Waals surface area contributed by atoms with Gasteiger partial charge < -0.3 is 10.4 Å². The van der Waals surface area contributed by atoms with Crippen LogP contribution in [0.4, 0.5) is 11.4 Å². The number of anilines is 2. The fraction of sp³-hybridized carbons (Fsp3) is 0.308. The monoisotopic (exact) mass is 260 g/mol. The zero-order chi connectivity index (χ0) is 14.0. The minimum atomic E-state index is -1.03. The molecule has 0 saturated carbocycles. The molecule has 0 aliphatic carbocycles. The Morgan fingerprint density at radius 1 is 1.42 bits per heavy atom. The zero-order valence-corrected chi connectivity index (χ0v) is 11.1. The molecular weight excluding hydrogens is 244 g/mol. The summed E-state index contributed by atoms with van der Waals surface area (Å²) in [6, 6.07) is 3.16. The van der Waals surface area contributed by atoms with Crippen molar-refractivity contribution >= 4 is 17.3 Å². The lowest BCUT2D eigenvalue weighted by molar-refractivity contribution is 0.0690. The number of aryl methyl sites for hydroxylation is 1. The Balaban J connectivity index is 2.23. The van der Waals surface area contributed by atoms with Gasteiger partial charge in [-0.2, -0.15) is 5.10 Å². The van der Waals surface area contributed by atoms with E-state index in [-0.39, 0.29) is 5.69 Å². The van der Waals surface area contributed by atoms with Gasteiger partial charge in [-0.25, -0.2) is 9.78 Å². The number of carboxylic acid groups (broad SMARTS) is 1. The normalized spacial score (nSPS) is 10.7. The fourth-order valence-corrected chi connectivity index (χ4v) is 1.78. The summed E-state index contributed by atoms with van der Waals surface area (Å²) in [4.78, 5) is 14.6. The van der Waals surface area contributed by atoms with Crippen molar-refractivity contribution < 1.29 is 9.90 Å². The SMILES string of the molecule is CC(C)c1nn(C)cc1Nc1ccc(C(=O)O)nc1. The van der Waals surface area contributed by atoms with E-state index in [0.717, 1.165) is 17.1 Å². The van der Waals surface area contributed by atoms with Crippen LogP contribution in [0.25, 0.3) is 0 Å². The maximum Gasteiger partial charge on any atom is 0.354 e. The molecule has 100 valence electrons. The first-order valence-corrected chi connectivity index (χ1v) is 5.97. The molecule has 2 aromatic heterocycles. The number of hydrogen-bond acceptors (Lipinski definition) is 4. The van der Waals surface area contributed by atoms with Crippen molar-refractivity contribution in [2.75, 3.05) is 5.32 Å². The fourth-order valence-electron chi connectivity index (χ4n) is 1.78. The number of rotatable bonds is 4. The number of pyridine rings is 1. The van der Waals surface area contributed by atoms with Gasteiger partial charge in [0.2, 0.25) is 0 Å². The molecule has 2 heterocycles. The van der Waals surface area contributed by atoms with Crippen molar-refractivity contribution in [3.8, 4) is 0 Å². The highest BCUT2D eigenvalue weighted by Gasteiger charge is 2.12. The minimum absolute atomic E-state index is 0.0285. The van der Waals surface area contributed by atoms with Gasteiger partial charge in [-0.15, -0.1) is 0 Å². The molecule has 19 heavy (non-hydrogen) atoms. The van der Waals surface area contributed by atoms with Crippen molar-refractivity contribution in [1.29, 1.82) is 0 Å². The molecule has 0 atom stereocenters. The molecule has 0 amide bonds. The number of aromatic carboxylic acids is 1. The van der Waals surface area contributed by atoms with Gasteiger partial charge in [0.15, 0.2) is 0 Å². The molecule has 2 rings (SSSR count). The standard InChI is InChI=1S/C13H16N4O2/c1-8(2)12-11(7-17(3)16-12)15-9-4-5-10(13(18)19)14-6-9/h4-8,15H,1-3H3,(H,18,19). The summed E-state index contributed by atoms with van der Waals surface area (Å²) < 4.78 is 1.75. The molecule has 0 fully saturated rings. The van der Waals surface area contributed by atoms with Crippen LogP contribution >= 0.6 is 0 Å². The molecule has 2 N–H and O–H groups in total. The summed E-state index contributed by atoms with van der Waals surface area (Å²) in [7, 11) is 1.86. The molecule has 0 aliphatic rings. The van der Waals surface area contributed by atoms with Crippen LogP contribution in [-0.4, -0.2) is 25.8 Å². The predicted molar refractivity (Wildman–Crippen MR) is 71.8 cm³/mol. The lowest BCUT2D eigenvalue weighted by Crippen LogP contribution is -2.01. The lowest BCUT2D eigenvalue weighted by atomic mass is 10.1. The summed E-state index contributed by atoms with van der Waals surface area (Å²) in [6.07, 6.45) is 3.39. The van der Waals surface area contributed by atoms with Crippen LogP contribution in [0.5, 0.6) is 0 Å². The van der Waals surface area contributed by atoms with Crippen LogP contribution in [0, 0.1) is 0 Å². The third-order valence-electron chi connectivity index (χ3n) is 2.67. The molecule has 0 aliphatic heterocycles. The Hall–Kier alpha value is -2.37. The molecule has 0 bridgehead atoms. The second kappa shape index (κ2) is 5.09.